The first-order chi connectivity index (χ1) is 13.5. The van der Waals surface area contributed by atoms with Gasteiger partial charge in [0, 0.05) is 26.8 Å². The first-order valence-electron chi connectivity index (χ1n) is 9.52. The number of amides is 1. The second-order valence-corrected chi connectivity index (χ2v) is 10.2. The third-order valence-corrected chi connectivity index (χ3v) is 7.74. The number of nitrogens with one attached hydrogen (secondary N) is 1. The van der Waals surface area contributed by atoms with Crippen molar-refractivity contribution in [3.8, 4) is 10.4 Å². The number of sulfone groups is 1. The molecule has 1 heterocycles. The molecule has 3 N–H and O–H groups in total. The fourth-order valence-electron chi connectivity index (χ4n) is 3.51. The van der Waals surface area contributed by atoms with E-state index in [4.69, 9.17) is 5.73 Å². The number of carbonyl (C=O) groups excluding carboxylic acids is 1. The van der Waals surface area contributed by atoms with Crippen molar-refractivity contribution in [3.05, 3.63) is 23.9 Å². The van der Waals surface area contributed by atoms with Gasteiger partial charge in [0.25, 0.3) is 0 Å². The summed E-state index contributed by atoms with van der Waals surface area (Å²) in [4.78, 5) is 18.9. The average Bonchev–Trinajstić information content (AvgIpc) is 3.01. The Labute approximate surface area is 177 Å². The number of aromatic nitrogens is 1. The third kappa shape index (κ3) is 4.79. The van der Waals surface area contributed by atoms with Crippen LogP contribution in [0.1, 0.15) is 39.3 Å². The zero-order valence-electron chi connectivity index (χ0n) is 17.9. The van der Waals surface area contributed by atoms with E-state index in [1.165, 1.54) is 24.5 Å². The van der Waals surface area contributed by atoms with Crippen LogP contribution in [0.2, 0.25) is 0 Å². The Morgan fingerprint density at radius 3 is 2.41 bits per heavy atom. The number of hydrogen-bond donors (Lipinski definition) is 2. The fourth-order valence-corrected chi connectivity index (χ4v) is 5.41. The summed E-state index contributed by atoms with van der Waals surface area (Å²) in [7, 11) is -1.54. The highest BCUT2D eigenvalue weighted by atomic mass is 32.2. The number of anilines is 2. The quantitative estimate of drug-likeness (QED) is 0.654. The Bertz CT molecular complexity index is 987. The van der Waals surface area contributed by atoms with Crippen LogP contribution in [0.25, 0.3) is 10.4 Å². The Morgan fingerprint density at radius 2 is 1.93 bits per heavy atom. The first-order valence-corrected chi connectivity index (χ1v) is 12.2. The van der Waals surface area contributed by atoms with Gasteiger partial charge in [-0.05, 0) is 37.5 Å². The molecule has 0 bridgehead atoms. The van der Waals surface area contributed by atoms with Gasteiger partial charge in [0.05, 0.1) is 26.7 Å². The minimum atomic E-state index is -3.43. The van der Waals surface area contributed by atoms with E-state index < -0.39 is 9.84 Å². The van der Waals surface area contributed by atoms with Crippen LogP contribution in [0.3, 0.4) is 0 Å². The Balaban J connectivity index is 2.67. The normalized spacial score (nSPS) is 12.1. The minimum Gasteiger partial charge on any atom is -0.367 e. The molecule has 160 valence electrons. The van der Waals surface area contributed by atoms with E-state index in [1.807, 2.05) is 24.9 Å². The smallest absolute Gasteiger partial charge is 0.223 e. The van der Waals surface area contributed by atoms with Crippen LogP contribution in [0, 0.1) is 6.92 Å². The Morgan fingerprint density at radius 1 is 1.31 bits per heavy atom. The van der Waals surface area contributed by atoms with Crippen molar-refractivity contribution in [1.82, 2.24) is 4.98 Å². The Hall–Kier alpha value is -1.97. The summed E-state index contributed by atoms with van der Waals surface area (Å²) >= 11 is 1.36. The maximum absolute atomic E-state index is 12.5. The van der Waals surface area contributed by atoms with Crippen LogP contribution in [-0.4, -0.2) is 44.7 Å². The summed E-state index contributed by atoms with van der Waals surface area (Å²) in [6, 6.07) is 5.30. The highest BCUT2D eigenvalue weighted by molar-refractivity contribution is 7.90. The molecule has 0 saturated heterocycles. The van der Waals surface area contributed by atoms with Crippen molar-refractivity contribution >= 4 is 37.9 Å². The summed E-state index contributed by atoms with van der Waals surface area (Å²) in [5.74, 6) is -0.184. The van der Waals surface area contributed by atoms with E-state index >= 15 is 0 Å². The Kier molecular flexibility index (Phi) is 7.08. The predicted molar refractivity (Wildman–Crippen MR) is 120 cm³/mol. The van der Waals surface area contributed by atoms with Gasteiger partial charge in [0.1, 0.15) is 0 Å². The van der Waals surface area contributed by atoms with Crippen molar-refractivity contribution in [2.45, 2.75) is 51.0 Å². The number of thiazole rings is 1. The molecule has 0 aliphatic heterocycles. The minimum absolute atomic E-state index is 0.184. The summed E-state index contributed by atoms with van der Waals surface area (Å²) in [5, 5.41) is 3.23. The predicted octanol–water partition coefficient (Wildman–Crippen LogP) is 3.43. The molecule has 7 nitrogen and oxygen atoms in total. The maximum Gasteiger partial charge on any atom is 0.223 e. The van der Waals surface area contributed by atoms with Gasteiger partial charge in [0.2, 0.25) is 5.91 Å². The third-order valence-electron chi connectivity index (χ3n) is 5.47. The second kappa shape index (κ2) is 8.81. The highest BCUT2D eigenvalue weighted by Gasteiger charge is 2.32. The van der Waals surface area contributed by atoms with Crippen molar-refractivity contribution in [2.24, 2.45) is 5.73 Å². The molecule has 1 aromatic carbocycles. The molecule has 0 saturated carbocycles. The van der Waals surface area contributed by atoms with Crippen LogP contribution in [-0.2, 0) is 14.6 Å². The molecular formula is C20H30N4O3S2. The van der Waals surface area contributed by atoms with Gasteiger partial charge in [-0.2, -0.15) is 0 Å². The van der Waals surface area contributed by atoms with Crippen molar-refractivity contribution in [1.29, 1.82) is 0 Å². The number of nitrogens with zero attached hydrogens (tertiary/aromatic N) is 2. The number of aryl methyl sites for hydroxylation is 1. The van der Waals surface area contributed by atoms with Gasteiger partial charge in [-0.25, -0.2) is 13.4 Å². The highest BCUT2D eigenvalue weighted by Crippen LogP contribution is 2.39. The molecule has 0 radical (unpaired) electrons. The number of likely N-dealkylation sites (N-methyl/N-ethyl adjacent to an activating group) is 1. The van der Waals surface area contributed by atoms with Crippen LogP contribution >= 0.6 is 11.3 Å². The summed E-state index contributed by atoms with van der Waals surface area (Å²) in [5.41, 5.74) is 8.01. The van der Waals surface area contributed by atoms with Gasteiger partial charge in [-0.1, -0.05) is 31.3 Å². The number of carbonyl (C=O) groups is 1. The summed E-state index contributed by atoms with van der Waals surface area (Å²) < 4.78 is 25.0. The van der Waals surface area contributed by atoms with Crippen molar-refractivity contribution in [3.63, 3.8) is 0 Å². The molecule has 0 fully saturated rings. The molecular weight excluding hydrogens is 408 g/mol. The lowest BCUT2D eigenvalue weighted by Gasteiger charge is -2.42. The van der Waals surface area contributed by atoms with E-state index in [9.17, 15) is 13.2 Å². The van der Waals surface area contributed by atoms with Crippen molar-refractivity contribution in [2.75, 3.05) is 30.1 Å². The van der Waals surface area contributed by atoms with Crippen LogP contribution in [0.5, 0.6) is 0 Å². The molecule has 9 heteroatoms. The lowest BCUT2D eigenvalue weighted by Crippen LogP contribution is -2.52. The van der Waals surface area contributed by atoms with E-state index in [2.05, 4.69) is 24.1 Å². The molecule has 2 rings (SSSR count). The van der Waals surface area contributed by atoms with Crippen LogP contribution in [0.15, 0.2) is 23.1 Å². The monoisotopic (exact) mass is 438 g/mol. The van der Waals surface area contributed by atoms with Gasteiger partial charge < -0.3 is 16.0 Å². The number of nitrogens with two attached hydrogens (primary N) is 1. The molecule has 0 spiro atoms. The van der Waals surface area contributed by atoms with E-state index in [0.29, 0.717) is 17.4 Å². The molecule has 0 atom stereocenters. The van der Waals surface area contributed by atoms with Gasteiger partial charge in [0.15, 0.2) is 15.0 Å². The lowest BCUT2D eigenvalue weighted by molar-refractivity contribution is -0.114. The molecule has 0 aliphatic rings. The largest absolute Gasteiger partial charge is 0.367 e. The number of benzene rings is 1. The number of rotatable bonds is 8. The van der Waals surface area contributed by atoms with E-state index in [-0.39, 0.29) is 16.3 Å². The number of hydrogen-bond acceptors (Lipinski definition) is 7. The van der Waals surface area contributed by atoms with Gasteiger partial charge in [-0.3, -0.25) is 4.79 Å². The van der Waals surface area contributed by atoms with Gasteiger partial charge >= 0.3 is 0 Å². The SMILES string of the molecule is CCC(CC)(CN)N(C)c1cc(-c2sc(NC(C)=O)nc2C)ccc1S(C)(=O)=O. The molecule has 2 aromatic rings. The standard InChI is InChI=1S/C20H30N4O3S2/c1-7-20(8-2,12-21)24(5)16-11-15(9-10-17(16)29(6,26)27)18-13(3)22-19(28-18)23-14(4)25/h9-11H,7-8,12,21H2,1-6H3,(H,22,23,25). The molecule has 1 amide bonds. The molecule has 1 aromatic heterocycles. The maximum atomic E-state index is 12.5. The topological polar surface area (TPSA) is 105 Å². The second-order valence-electron chi connectivity index (χ2n) is 7.26. The molecule has 0 unspecified atom stereocenters. The average molecular weight is 439 g/mol. The van der Waals surface area contributed by atoms with Crippen molar-refractivity contribution < 1.29 is 13.2 Å². The first kappa shape index (κ1) is 23.3. The fraction of sp³-hybridized carbons (Fsp3) is 0.500. The summed E-state index contributed by atoms with van der Waals surface area (Å²) in [6.45, 7) is 7.84. The van der Waals surface area contributed by atoms with E-state index in [1.54, 1.807) is 12.1 Å². The lowest BCUT2D eigenvalue weighted by atomic mass is 9.90. The summed E-state index contributed by atoms with van der Waals surface area (Å²) in [6.07, 6.45) is 2.79. The molecule has 0 aliphatic carbocycles. The molecule has 29 heavy (non-hydrogen) atoms. The zero-order chi connectivity index (χ0) is 22.0. The van der Waals surface area contributed by atoms with E-state index in [0.717, 1.165) is 29.0 Å². The van der Waals surface area contributed by atoms with Crippen LogP contribution in [0.4, 0.5) is 10.8 Å². The zero-order valence-corrected chi connectivity index (χ0v) is 19.5. The van der Waals surface area contributed by atoms with Crippen LogP contribution < -0.4 is 16.0 Å². The van der Waals surface area contributed by atoms with Gasteiger partial charge in [-0.15, -0.1) is 0 Å².